The van der Waals surface area contributed by atoms with E-state index in [2.05, 4.69) is 10.3 Å². The molecule has 0 amide bonds. The van der Waals surface area contributed by atoms with E-state index in [1.807, 2.05) is 24.3 Å². The minimum absolute atomic E-state index is 0.171. The van der Waals surface area contributed by atoms with Crippen molar-refractivity contribution in [3.8, 4) is 0 Å². The molecule has 2 aromatic rings. The van der Waals surface area contributed by atoms with Crippen LogP contribution in [0.4, 0.5) is 5.69 Å². The molecule has 1 aromatic heterocycles. The van der Waals surface area contributed by atoms with E-state index < -0.39 is 9.84 Å². The first kappa shape index (κ1) is 13.6. The number of nitrogens with one attached hydrogen (secondary N) is 1. The van der Waals surface area contributed by atoms with Crippen LogP contribution in [-0.4, -0.2) is 30.9 Å². The van der Waals surface area contributed by atoms with Gasteiger partial charge in [0.2, 0.25) is 0 Å². The molecule has 1 aromatic carbocycles. The van der Waals surface area contributed by atoms with E-state index in [-0.39, 0.29) is 17.5 Å². The monoisotopic (exact) mass is 310 g/mol. The predicted octanol–water partition coefficient (Wildman–Crippen LogP) is 2.88. The molecular weight excluding hydrogens is 296 g/mol. The average molecular weight is 311 g/mol. The van der Waals surface area contributed by atoms with Gasteiger partial charge < -0.3 is 5.32 Å². The van der Waals surface area contributed by atoms with Crippen LogP contribution in [-0.2, 0) is 9.84 Å². The number of rotatable bonds is 2. The zero-order valence-electron chi connectivity index (χ0n) is 10.8. The highest BCUT2D eigenvalue weighted by atomic mass is 35.5. The minimum Gasteiger partial charge on any atom is -0.380 e. The predicted molar refractivity (Wildman–Crippen MR) is 82.1 cm³/mol. The van der Waals surface area contributed by atoms with Crippen LogP contribution in [0.15, 0.2) is 30.5 Å². The lowest BCUT2D eigenvalue weighted by Crippen LogP contribution is -2.32. The number of sulfone groups is 1. The van der Waals surface area contributed by atoms with Gasteiger partial charge in [-0.05, 0) is 37.1 Å². The molecule has 1 N–H and O–H groups in total. The van der Waals surface area contributed by atoms with Gasteiger partial charge in [0, 0.05) is 17.6 Å². The molecule has 0 bridgehead atoms. The number of pyridine rings is 1. The first-order chi connectivity index (χ1) is 9.55. The number of benzene rings is 1. The lowest BCUT2D eigenvalue weighted by Gasteiger charge is -2.24. The summed E-state index contributed by atoms with van der Waals surface area (Å²) in [7, 11) is -2.83. The first-order valence-electron chi connectivity index (χ1n) is 6.55. The third-order valence-corrected chi connectivity index (χ3v) is 5.68. The van der Waals surface area contributed by atoms with E-state index in [1.54, 1.807) is 6.20 Å². The summed E-state index contributed by atoms with van der Waals surface area (Å²) in [6, 6.07) is 7.70. The zero-order chi connectivity index (χ0) is 14.2. The van der Waals surface area contributed by atoms with Crippen molar-refractivity contribution >= 4 is 38.0 Å². The van der Waals surface area contributed by atoms with Crippen molar-refractivity contribution in [2.45, 2.75) is 18.9 Å². The number of halogens is 1. The topological polar surface area (TPSA) is 59.1 Å². The molecule has 0 radical (unpaired) electrons. The summed E-state index contributed by atoms with van der Waals surface area (Å²) in [5.74, 6) is 0.507. The third-order valence-electron chi connectivity index (χ3n) is 3.63. The summed E-state index contributed by atoms with van der Waals surface area (Å²) >= 11 is 6.16. The lowest BCUT2D eigenvalue weighted by molar-refractivity contribution is 0.560. The standard InChI is InChI=1S/C14H15ClN2O2S/c15-12-3-4-13(14-11(12)2-1-7-16-14)17-10-5-8-20(18,19)9-6-10/h1-4,7,10,17H,5-6,8-9H2. The number of hydrogen-bond donors (Lipinski definition) is 1. The summed E-state index contributed by atoms with van der Waals surface area (Å²) in [6.45, 7) is 0. The SMILES string of the molecule is O=S1(=O)CCC(Nc2ccc(Cl)c3cccnc23)CC1. The van der Waals surface area contributed by atoms with Crippen molar-refractivity contribution in [2.75, 3.05) is 16.8 Å². The van der Waals surface area contributed by atoms with Gasteiger partial charge in [-0.1, -0.05) is 11.6 Å². The zero-order valence-corrected chi connectivity index (χ0v) is 12.4. The molecule has 106 valence electrons. The second-order valence-corrected chi connectivity index (χ2v) is 7.78. The van der Waals surface area contributed by atoms with Gasteiger partial charge in [-0.25, -0.2) is 8.42 Å². The summed E-state index contributed by atoms with van der Waals surface area (Å²) < 4.78 is 22.9. The Morgan fingerprint density at radius 3 is 2.70 bits per heavy atom. The largest absolute Gasteiger partial charge is 0.380 e. The van der Waals surface area contributed by atoms with E-state index in [0.717, 1.165) is 16.6 Å². The molecule has 6 heteroatoms. The van der Waals surface area contributed by atoms with E-state index in [9.17, 15) is 8.42 Å². The van der Waals surface area contributed by atoms with E-state index in [1.165, 1.54) is 0 Å². The number of fused-ring (bicyclic) bond motifs is 1. The highest BCUT2D eigenvalue weighted by molar-refractivity contribution is 7.91. The lowest BCUT2D eigenvalue weighted by atomic mass is 10.1. The van der Waals surface area contributed by atoms with Crippen LogP contribution in [0.1, 0.15) is 12.8 Å². The Hall–Kier alpha value is -1.33. The maximum absolute atomic E-state index is 11.4. The fourth-order valence-corrected chi connectivity index (χ4v) is 4.22. The van der Waals surface area contributed by atoms with E-state index in [0.29, 0.717) is 17.9 Å². The summed E-state index contributed by atoms with van der Waals surface area (Å²) in [4.78, 5) is 4.37. The van der Waals surface area contributed by atoms with Crippen LogP contribution in [0.3, 0.4) is 0 Å². The maximum Gasteiger partial charge on any atom is 0.150 e. The number of nitrogens with zero attached hydrogens (tertiary/aromatic N) is 1. The van der Waals surface area contributed by atoms with Gasteiger partial charge in [-0.3, -0.25) is 4.98 Å². The van der Waals surface area contributed by atoms with Crippen molar-refractivity contribution in [2.24, 2.45) is 0 Å². The number of aromatic nitrogens is 1. The minimum atomic E-state index is -2.83. The first-order valence-corrected chi connectivity index (χ1v) is 8.75. The van der Waals surface area contributed by atoms with E-state index >= 15 is 0 Å². The Morgan fingerprint density at radius 2 is 1.95 bits per heavy atom. The molecule has 1 aliphatic rings. The molecule has 0 unspecified atom stereocenters. The van der Waals surface area contributed by atoms with Crippen LogP contribution in [0.2, 0.25) is 5.02 Å². The molecule has 0 aliphatic carbocycles. The summed E-state index contributed by atoms with van der Waals surface area (Å²) in [5.41, 5.74) is 1.74. The van der Waals surface area contributed by atoms with Gasteiger partial charge >= 0.3 is 0 Å². The number of hydrogen-bond acceptors (Lipinski definition) is 4. The van der Waals surface area contributed by atoms with Crippen molar-refractivity contribution in [3.63, 3.8) is 0 Å². The van der Waals surface area contributed by atoms with Gasteiger partial charge in [-0.2, -0.15) is 0 Å². The average Bonchev–Trinajstić information content (AvgIpc) is 2.44. The molecule has 3 rings (SSSR count). The van der Waals surface area contributed by atoms with Crippen LogP contribution < -0.4 is 5.32 Å². The molecule has 0 saturated carbocycles. The van der Waals surface area contributed by atoms with Crippen LogP contribution in [0.5, 0.6) is 0 Å². The molecule has 2 heterocycles. The second kappa shape index (κ2) is 5.22. The second-order valence-electron chi connectivity index (χ2n) is 5.06. The fourth-order valence-electron chi connectivity index (χ4n) is 2.51. The Balaban J connectivity index is 1.87. The van der Waals surface area contributed by atoms with Crippen molar-refractivity contribution in [3.05, 3.63) is 35.5 Å². The molecule has 1 saturated heterocycles. The van der Waals surface area contributed by atoms with Gasteiger partial charge in [0.25, 0.3) is 0 Å². The van der Waals surface area contributed by atoms with Gasteiger partial charge in [0.15, 0.2) is 0 Å². The summed E-state index contributed by atoms with van der Waals surface area (Å²) in [5, 5.41) is 4.98. The smallest absolute Gasteiger partial charge is 0.150 e. The maximum atomic E-state index is 11.4. The third kappa shape index (κ3) is 2.74. The molecule has 0 spiro atoms. The molecule has 4 nitrogen and oxygen atoms in total. The van der Waals surface area contributed by atoms with Gasteiger partial charge in [-0.15, -0.1) is 0 Å². The van der Waals surface area contributed by atoms with Crippen LogP contribution >= 0.6 is 11.6 Å². The van der Waals surface area contributed by atoms with E-state index in [4.69, 9.17) is 11.6 Å². The quantitative estimate of drug-likeness (QED) is 0.926. The van der Waals surface area contributed by atoms with Crippen LogP contribution in [0, 0.1) is 0 Å². The molecule has 20 heavy (non-hydrogen) atoms. The number of anilines is 1. The fraction of sp³-hybridized carbons (Fsp3) is 0.357. The van der Waals surface area contributed by atoms with Gasteiger partial charge in [0.1, 0.15) is 9.84 Å². The van der Waals surface area contributed by atoms with Gasteiger partial charge in [0.05, 0.1) is 27.7 Å². The van der Waals surface area contributed by atoms with Crippen molar-refractivity contribution in [1.29, 1.82) is 0 Å². The highest BCUT2D eigenvalue weighted by Crippen LogP contribution is 2.29. The molecular formula is C14H15ClN2O2S. The van der Waals surface area contributed by atoms with Crippen molar-refractivity contribution in [1.82, 2.24) is 4.98 Å². The summed E-state index contributed by atoms with van der Waals surface area (Å²) in [6.07, 6.45) is 3.01. The normalized spacial score (nSPS) is 19.1. The van der Waals surface area contributed by atoms with Crippen LogP contribution in [0.25, 0.3) is 10.9 Å². The van der Waals surface area contributed by atoms with Crippen molar-refractivity contribution < 1.29 is 8.42 Å². The highest BCUT2D eigenvalue weighted by Gasteiger charge is 2.23. The Labute approximate surface area is 123 Å². The Kier molecular flexibility index (Phi) is 3.56. The Bertz CT molecular complexity index is 732. The molecule has 1 fully saturated rings. The molecule has 0 atom stereocenters. The Morgan fingerprint density at radius 1 is 1.20 bits per heavy atom. The molecule has 1 aliphatic heterocycles.